The molecule has 1 aliphatic heterocycles. The van der Waals surface area contributed by atoms with Crippen LogP contribution in [0.25, 0.3) is 0 Å². The molecule has 1 heterocycles. The molecule has 0 saturated heterocycles. The van der Waals surface area contributed by atoms with Crippen molar-refractivity contribution in [3.63, 3.8) is 0 Å². The molecule has 0 spiro atoms. The quantitative estimate of drug-likeness (QED) is 0.630. The molecule has 2 amide bonds. The highest BCUT2D eigenvalue weighted by atomic mass is 16.2. The predicted octanol–water partition coefficient (Wildman–Crippen LogP) is 3.00. The van der Waals surface area contributed by atoms with Crippen LogP contribution in [0.4, 0.5) is 0 Å². The smallest absolute Gasteiger partial charge is 0.254 e. The first-order valence-electron chi connectivity index (χ1n) is 8.92. The molecule has 5 nitrogen and oxygen atoms in total. The number of imide groups is 1. The minimum atomic E-state index is -0.279. The molecule has 0 radical (unpaired) electrons. The van der Waals surface area contributed by atoms with Gasteiger partial charge in [-0.15, -0.1) is 0 Å². The molecular formula is C22H24N2O3. The van der Waals surface area contributed by atoms with Gasteiger partial charge < -0.3 is 5.73 Å². The van der Waals surface area contributed by atoms with E-state index in [0.717, 1.165) is 11.1 Å². The van der Waals surface area contributed by atoms with Crippen molar-refractivity contribution < 1.29 is 14.4 Å². The van der Waals surface area contributed by atoms with Gasteiger partial charge >= 0.3 is 0 Å². The van der Waals surface area contributed by atoms with E-state index in [-0.39, 0.29) is 23.6 Å². The lowest BCUT2D eigenvalue weighted by Crippen LogP contribution is -2.24. The van der Waals surface area contributed by atoms with E-state index < -0.39 is 0 Å². The molecule has 2 aromatic rings. The van der Waals surface area contributed by atoms with E-state index in [9.17, 15) is 14.4 Å². The minimum Gasteiger partial charge on any atom is -0.328 e. The monoisotopic (exact) mass is 364 g/mol. The molecule has 1 aliphatic rings. The lowest BCUT2D eigenvalue weighted by atomic mass is 10.0. The predicted molar refractivity (Wildman–Crippen MR) is 105 cm³/mol. The molecule has 0 bridgehead atoms. The van der Waals surface area contributed by atoms with Crippen molar-refractivity contribution in [2.75, 3.05) is 0 Å². The Balaban J connectivity index is 0.000000194. The summed E-state index contributed by atoms with van der Waals surface area (Å²) in [5.74, 6) is -0.464. The number of carbonyl (C=O) groups is 3. The Kier molecular flexibility index (Phi) is 7.20. The summed E-state index contributed by atoms with van der Waals surface area (Å²) >= 11 is 0. The number of ketones is 1. The van der Waals surface area contributed by atoms with Gasteiger partial charge in [-0.2, -0.15) is 0 Å². The maximum atomic E-state index is 11.8. The summed E-state index contributed by atoms with van der Waals surface area (Å²) in [5, 5.41) is 2.27. The van der Waals surface area contributed by atoms with Crippen molar-refractivity contribution >= 4 is 17.6 Å². The first-order valence-corrected chi connectivity index (χ1v) is 8.92. The lowest BCUT2D eigenvalue weighted by Gasteiger charge is -2.04. The van der Waals surface area contributed by atoms with E-state index in [1.54, 1.807) is 0 Å². The number of benzene rings is 2. The number of rotatable bonds is 5. The summed E-state index contributed by atoms with van der Waals surface area (Å²) in [6.07, 6.45) is 1.06. The Morgan fingerprint density at radius 2 is 1.33 bits per heavy atom. The van der Waals surface area contributed by atoms with Crippen LogP contribution in [0.3, 0.4) is 0 Å². The Bertz CT molecular complexity index is 799. The van der Waals surface area contributed by atoms with Crippen molar-refractivity contribution in [2.24, 2.45) is 5.73 Å². The average molecular weight is 364 g/mol. The third-order valence-corrected chi connectivity index (χ3v) is 4.09. The second kappa shape index (κ2) is 9.59. The van der Waals surface area contributed by atoms with Crippen molar-refractivity contribution in [3.05, 3.63) is 82.9 Å². The van der Waals surface area contributed by atoms with Gasteiger partial charge in [-0.05, 0) is 19.8 Å². The van der Waals surface area contributed by atoms with E-state index in [2.05, 4.69) is 5.32 Å². The first-order chi connectivity index (χ1) is 12.9. The summed E-state index contributed by atoms with van der Waals surface area (Å²) in [6, 6.07) is 18.5. The SMILES string of the molecule is CCC1=C(CC(C)N)C(=O)NC1=O.O=C(c1ccccc1)c1ccccc1. The summed E-state index contributed by atoms with van der Waals surface area (Å²) in [4.78, 5) is 34.3. The van der Waals surface area contributed by atoms with Crippen LogP contribution in [0.1, 0.15) is 42.6 Å². The standard InChI is InChI=1S/C13H10O.C9H14N2O2/c14-13(11-7-3-1-4-8-11)12-9-5-2-6-10-12;1-3-6-7(4-5(2)10)9(13)11-8(6)12/h1-10H;5H,3-4,10H2,1-2H3,(H,11,12,13). The van der Waals surface area contributed by atoms with Crippen LogP contribution < -0.4 is 11.1 Å². The molecular weight excluding hydrogens is 340 g/mol. The normalized spacial score (nSPS) is 14.3. The van der Waals surface area contributed by atoms with Gasteiger partial charge in [0.25, 0.3) is 11.8 Å². The van der Waals surface area contributed by atoms with Crippen molar-refractivity contribution in [1.82, 2.24) is 5.32 Å². The van der Waals surface area contributed by atoms with Crippen molar-refractivity contribution in [1.29, 1.82) is 0 Å². The zero-order chi connectivity index (χ0) is 19.8. The van der Waals surface area contributed by atoms with E-state index in [0.29, 0.717) is 24.0 Å². The van der Waals surface area contributed by atoms with Gasteiger partial charge in [-0.1, -0.05) is 67.6 Å². The molecule has 140 valence electrons. The summed E-state index contributed by atoms with van der Waals surface area (Å²) in [5.41, 5.74) is 8.18. The zero-order valence-corrected chi connectivity index (χ0v) is 15.6. The molecule has 0 aromatic heterocycles. The third kappa shape index (κ3) is 5.46. The molecule has 1 unspecified atom stereocenters. The van der Waals surface area contributed by atoms with Crippen molar-refractivity contribution in [3.8, 4) is 0 Å². The van der Waals surface area contributed by atoms with Gasteiger partial charge in [0, 0.05) is 28.3 Å². The van der Waals surface area contributed by atoms with Crippen LogP contribution in [0.15, 0.2) is 71.8 Å². The highest BCUT2D eigenvalue weighted by molar-refractivity contribution is 6.19. The number of nitrogens with two attached hydrogens (primary N) is 1. The Labute approximate surface area is 159 Å². The number of hydrogen-bond donors (Lipinski definition) is 2. The summed E-state index contributed by atoms with van der Waals surface area (Å²) < 4.78 is 0. The molecule has 3 N–H and O–H groups in total. The lowest BCUT2D eigenvalue weighted by molar-refractivity contribution is -0.124. The summed E-state index contributed by atoms with van der Waals surface area (Å²) in [7, 11) is 0. The largest absolute Gasteiger partial charge is 0.328 e. The topological polar surface area (TPSA) is 89.3 Å². The molecule has 0 saturated carbocycles. The Morgan fingerprint density at radius 3 is 1.74 bits per heavy atom. The van der Waals surface area contributed by atoms with E-state index in [1.165, 1.54) is 0 Å². The second-order valence-electron chi connectivity index (χ2n) is 6.34. The van der Waals surface area contributed by atoms with Gasteiger partial charge in [0.2, 0.25) is 0 Å². The fourth-order valence-corrected chi connectivity index (χ4v) is 2.79. The number of amides is 2. The van der Waals surface area contributed by atoms with E-state index in [4.69, 9.17) is 5.73 Å². The van der Waals surface area contributed by atoms with Crippen LogP contribution in [-0.2, 0) is 9.59 Å². The van der Waals surface area contributed by atoms with Gasteiger partial charge in [-0.3, -0.25) is 19.7 Å². The maximum absolute atomic E-state index is 11.8. The highest BCUT2D eigenvalue weighted by Gasteiger charge is 2.28. The first kappa shape index (κ1) is 20.3. The van der Waals surface area contributed by atoms with Crippen molar-refractivity contribution in [2.45, 2.75) is 32.7 Å². The Hall–Kier alpha value is -3.05. The molecule has 5 heteroatoms. The molecule has 2 aromatic carbocycles. The third-order valence-electron chi connectivity index (χ3n) is 4.09. The van der Waals surface area contributed by atoms with Crippen LogP contribution in [-0.4, -0.2) is 23.6 Å². The molecule has 27 heavy (non-hydrogen) atoms. The van der Waals surface area contributed by atoms with Crippen LogP contribution >= 0.6 is 0 Å². The second-order valence-corrected chi connectivity index (χ2v) is 6.34. The number of carbonyl (C=O) groups excluding carboxylic acids is 3. The highest BCUT2D eigenvalue weighted by Crippen LogP contribution is 2.19. The van der Waals surface area contributed by atoms with Gasteiger partial charge in [-0.25, -0.2) is 0 Å². The average Bonchev–Trinajstić information content (AvgIpc) is 2.95. The number of hydrogen-bond acceptors (Lipinski definition) is 4. The molecule has 1 atom stereocenters. The summed E-state index contributed by atoms with van der Waals surface area (Å²) in [6.45, 7) is 3.67. The molecule has 3 rings (SSSR count). The van der Waals surface area contributed by atoms with E-state index >= 15 is 0 Å². The maximum Gasteiger partial charge on any atom is 0.254 e. The van der Waals surface area contributed by atoms with Crippen LogP contribution in [0.5, 0.6) is 0 Å². The van der Waals surface area contributed by atoms with Gasteiger partial charge in [0.15, 0.2) is 5.78 Å². The molecule has 0 fully saturated rings. The molecule has 0 aliphatic carbocycles. The Morgan fingerprint density at radius 1 is 0.889 bits per heavy atom. The van der Waals surface area contributed by atoms with Gasteiger partial charge in [0.1, 0.15) is 0 Å². The van der Waals surface area contributed by atoms with Crippen LogP contribution in [0.2, 0.25) is 0 Å². The van der Waals surface area contributed by atoms with Gasteiger partial charge in [0.05, 0.1) is 0 Å². The fraction of sp³-hybridized carbons (Fsp3) is 0.227. The fourth-order valence-electron chi connectivity index (χ4n) is 2.79. The zero-order valence-electron chi connectivity index (χ0n) is 15.6. The van der Waals surface area contributed by atoms with Crippen LogP contribution in [0, 0.1) is 0 Å². The van der Waals surface area contributed by atoms with E-state index in [1.807, 2.05) is 74.5 Å². The number of nitrogens with one attached hydrogen (secondary N) is 1. The minimum absolute atomic E-state index is 0.0752.